The van der Waals surface area contributed by atoms with Gasteiger partial charge in [-0.3, -0.25) is 4.79 Å². The van der Waals surface area contributed by atoms with Crippen molar-refractivity contribution in [1.82, 2.24) is 0 Å². The fraction of sp³-hybridized carbons (Fsp3) is 0.0800. The number of Topliss-reactive ketones (excluding diaryl/α,β-unsaturated/α-hetero) is 1. The highest BCUT2D eigenvalue weighted by atomic mass is 32.2. The van der Waals surface area contributed by atoms with Crippen LogP contribution in [0.25, 0.3) is 0 Å². The van der Waals surface area contributed by atoms with E-state index in [4.69, 9.17) is 9.47 Å². The van der Waals surface area contributed by atoms with Gasteiger partial charge in [0.1, 0.15) is 5.75 Å². The van der Waals surface area contributed by atoms with Gasteiger partial charge in [0, 0.05) is 11.1 Å². The van der Waals surface area contributed by atoms with Crippen molar-refractivity contribution >= 4 is 33.2 Å². The molecule has 4 rings (SSSR count). The molecule has 3 aromatic carbocycles. The van der Waals surface area contributed by atoms with E-state index in [0.29, 0.717) is 17.0 Å². The quantitative estimate of drug-likeness (QED) is 0.538. The summed E-state index contributed by atoms with van der Waals surface area (Å²) in [6.07, 6.45) is 1.36. The molecule has 0 spiro atoms. The van der Waals surface area contributed by atoms with E-state index >= 15 is 0 Å². The zero-order chi connectivity index (χ0) is 24.3. The molecule has 8 nitrogen and oxygen atoms in total. The molecule has 0 atom stereocenters. The molecule has 1 aliphatic carbocycles. The molecule has 9 heteroatoms. The minimum absolute atomic E-state index is 0.0193. The molecule has 0 radical (unpaired) electrons. The average Bonchev–Trinajstić information content (AvgIpc) is 2.86. The minimum atomic E-state index is -4.09. The predicted molar refractivity (Wildman–Crippen MR) is 127 cm³/mol. The number of hydrogen-bond acceptors (Lipinski definition) is 7. The van der Waals surface area contributed by atoms with Crippen LogP contribution >= 0.6 is 0 Å². The van der Waals surface area contributed by atoms with Crippen molar-refractivity contribution in [3.63, 3.8) is 0 Å². The number of methoxy groups -OCH3 is 2. The number of anilines is 1. The Morgan fingerprint density at radius 3 is 2.21 bits per heavy atom. The van der Waals surface area contributed by atoms with E-state index in [0.717, 1.165) is 0 Å². The van der Waals surface area contributed by atoms with Crippen LogP contribution in [-0.4, -0.2) is 40.1 Å². The standard InChI is InChI=1S/C25H20N2O6S/c1-32-16-11-13-17(14-12-16)34(30,31)27-22-15-23(24(28)19-8-4-3-7-18(19)22)26-21-10-6-5-9-20(21)25(29)33-2/h3-15,26H,1-2H3. The van der Waals surface area contributed by atoms with Crippen LogP contribution in [0.5, 0.6) is 5.75 Å². The third kappa shape index (κ3) is 4.46. The molecular weight excluding hydrogens is 456 g/mol. The number of benzene rings is 3. The lowest BCUT2D eigenvalue weighted by molar-refractivity contribution is 0.0601. The highest BCUT2D eigenvalue weighted by molar-refractivity contribution is 7.90. The largest absolute Gasteiger partial charge is 0.497 e. The number of sulfonamides is 1. The zero-order valence-electron chi connectivity index (χ0n) is 18.3. The van der Waals surface area contributed by atoms with E-state index in [-0.39, 0.29) is 33.2 Å². The number of carbonyl (C=O) groups excluding carboxylic acids is 2. The summed E-state index contributed by atoms with van der Waals surface area (Å²) in [7, 11) is -1.35. The molecule has 0 saturated carbocycles. The van der Waals surface area contributed by atoms with Crippen LogP contribution < -0.4 is 10.1 Å². The number of esters is 1. The molecule has 34 heavy (non-hydrogen) atoms. The average molecular weight is 477 g/mol. The lowest BCUT2D eigenvalue weighted by atomic mass is 9.92. The summed E-state index contributed by atoms with van der Waals surface area (Å²) < 4.78 is 39.9. The summed E-state index contributed by atoms with van der Waals surface area (Å²) in [6.45, 7) is 0. The van der Waals surface area contributed by atoms with Crippen LogP contribution in [-0.2, 0) is 14.8 Å². The second-order valence-electron chi connectivity index (χ2n) is 7.22. The van der Waals surface area contributed by atoms with Crippen LogP contribution in [0.3, 0.4) is 0 Å². The van der Waals surface area contributed by atoms with Gasteiger partial charge >= 0.3 is 5.97 Å². The van der Waals surface area contributed by atoms with Gasteiger partial charge < -0.3 is 14.8 Å². The van der Waals surface area contributed by atoms with Crippen LogP contribution in [0.1, 0.15) is 26.3 Å². The summed E-state index contributed by atoms with van der Waals surface area (Å²) >= 11 is 0. The predicted octanol–water partition coefficient (Wildman–Crippen LogP) is 3.85. The molecule has 3 aromatic rings. The maximum absolute atomic E-state index is 13.2. The van der Waals surface area contributed by atoms with Crippen molar-refractivity contribution in [3.05, 3.63) is 101 Å². The van der Waals surface area contributed by atoms with Gasteiger partial charge in [-0.2, -0.15) is 12.8 Å². The normalized spacial score (nSPS) is 14.2. The third-order valence-electron chi connectivity index (χ3n) is 5.15. The van der Waals surface area contributed by atoms with Crippen LogP contribution in [0.2, 0.25) is 0 Å². The number of para-hydroxylation sites is 1. The molecule has 0 saturated heterocycles. The Labute approximate surface area is 196 Å². The second kappa shape index (κ2) is 9.32. The van der Waals surface area contributed by atoms with Crippen molar-refractivity contribution in [2.24, 2.45) is 4.40 Å². The van der Waals surface area contributed by atoms with Crippen molar-refractivity contribution in [2.45, 2.75) is 4.90 Å². The van der Waals surface area contributed by atoms with E-state index in [1.807, 2.05) is 0 Å². The number of hydrogen-bond donors (Lipinski definition) is 1. The number of ether oxygens (including phenoxy) is 2. The van der Waals surface area contributed by atoms with Gasteiger partial charge in [-0.15, -0.1) is 0 Å². The van der Waals surface area contributed by atoms with Gasteiger partial charge in [0.2, 0.25) is 5.78 Å². The molecule has 0 bridgehead atoms. The monoisotopic (exact) mass is 476 g/mol. The molecule has 0 heterocycles. The second-order valence-corrected chi connectivity index (χ2v) is 8.83. The maximum atomic E-state index is 13.2. The summed E-state index contributed by atoms with van der Waals surface area (Å²) in [5.41, 5.74) is 1.39. The van der Waals surface area contributed by atoms with E-state index in [1.54, 1.807) is 48.5 Å². The first-order valence-electron chi connectivity index (χ1n) is 10.1. The van der Waals surface area contributed by atoms with Crippen LogP contribution in [0.4, 0.5) is 5.69 Å². The lowest BCUT2D eigenvalue weighted by Crippen LogP contribution is -2.23. The van der Waals surface area contributed by atoms with E-state index in [2.05, 4.69) is 9.71 Å². The SMILES string of the molecule is COC(=O)c1ccccc1NC1=CC(=NS(=O)(=O)c2ccc(OC)cc2)c2ccccc2C1=O. The number of fused-ring (bicyclic) bond motifs is 1. The molecular formula is C25H20N2O6S. The van der Waals surface area contributed by atoms with E-state index in [1.165, 1.54) is 44.6 Å². The van der Waals surface area contributed by atoms with Gasteiger partial charge in [-0.1, -0.05) is 36.4 Å². The molecule has 0 aromatic heterocycles. The first-order chi connectivity index (χ1) is 16.3. The summed E-state index contributed by atoms with van der Waals surface area (Å²) in [5, 5.41) is 2.94. The zero-order valence-corrected chi connectivity index (χ0v) is 19.1. The van der Waals surface area contributed by atoms with Gasteiger partial charge in [0.25, 0.3) is 10.0 Å². The Morgan fingerprint density at radius 2 is 1.53 bits per heavy atom. The third-order valence-corrected chi connectivity index (χ3v) is 6.46. The van der Waals surface area contributed by atoms with E-state index in [9.17, 15) is 18.0 Å². The number of nitrogens with zero attached hydrogens (tertiary/aromatic N) is 1. The Bertz CT molecular complexity index is 1440. The minimum Gasteiger partial charge on any atom is -0.497 e. The van der Waals surface area contributed by atoms with E-state index < -0.39 is 16.0 Å². The molecule has 1 aliphatic rings. The van der Waals surface area contributed by atoms with Crippen molar-refractivity contribution in [2.75, 3.05) is 19.5 Å². The smallest absolute Gasteiger partial charge is 0.339 e. The van der Waals surface area contributed by atoms with Gasteiger partial charge in [0.05, 0.1) is 41.8 Å². The summed E-state index contributed by atoms with van der Waals surface area (Å²) in [5.74, 6) is -0.435. The fourth-order valence-corrected chi connectivity index (χ4v) is 4.45. The Morgan fingerprint density at radius 1 is 0.882 bits per heavy atom. The van der Waals surface area contributed by atoms with Crippen LogP contribution in [0.15, 0.2) is 93.9 Å². The first kappa shape index (κ1) is 22.9. The lowest BCUT2D eigenvalue weighted by Gasteiger charge is -2.19. The molecule has 0 unspecified atom stereocenters. The number of rotatable bonds is 6. The van der Waals surface area contributed by atoms with Crippen molar-refractivity contribution in [3.8, 4) is 5.75 Å². The molecule has 1 N–H and O–H groups in total. The Hall–Kier alpha value is -4.24. The highest BCUT2D eigenvalue weighted by Crippen LogP contribution is 2.27. The highest BCUT2D eigenvalue weighted by Gasteiger charge is 2.27. The molecule has 172 valence electrons. The van der Waals surface area contributed by atoms with Gasteiger partial charge in [0.15, 0.2) is 0 Å². The number of allylic oxidation sites excluding steroid dienone is 2. The number of ketones is 1. The maximum Gasteiger partial charge on any atom is 0.339 e. The van der Waals surface area contributed by atoms with Crippen LogP contribution in [0, 0.1) is 0 Å². The number of nitrogens with one attached hydrogen (secondary N) is 1. The Balaban J connectivity index is 1.80. The fourth-order valence-electron chi connectivity index (χ4n) is 3.45. The molecule has 0 fully saturated rings. The summed E-state index contributed by atoms with van der Waals surface area (Å²) in [6, 6.07) is 19.0. The summed E-state index contributed by atoms with van der Waals surface area (Å²) in [4.78, 5) is 25.3. The van der Waals surface area contributed by atoms with Gasteiger partial charge in [-0.05, 0) is 42.5 Å². The van der Waals surface area contributed by atoms with Crippen molar-refractivity contribution < 1.29 is 27.5 Å². The first-order valence-corrected chi connectivity index (χ1v) is 11.6. The molecule has 0 amide bonds. The van der Waals surface area contributed by atoms with Crippen molar-refractivity contribution in [1.29, 1.82) is 0 Å². The molecule has 0 aliphatic heterocycles. The Kier molecular flexibility index (Phi) is 6.29. The number of carbonyl (C=O) groups is 2. The van der Waals surface area contributed by atoms with Gasteiger partial charge in [-0.25, -0.2) is 4.79 Å². The topological polar surface area (TPSA) is 111 Å².